The number of aryl methyl sites for hydroxylation is 5. The number of aromatic nitrogens is 6. The lowest BCUT2D eigenvalue weighted by atomic mass is 10.0. The number of fused-ring (bicyclic) bond motifs is 1. The summed E-state index contributed by atoms with van der Waals surface area (Å²) in [6.45, 7) is 8.99. The fraction of sp³-hybridized carbons (Fsp3) is 0.310. The summed E-state index contributed by atoms with van der Waals surface area (Å²) in [7, 11) is 8.06. The van der Waals surface area contributed by atoms with Crippen molar-refractivity contribution < 1.29 is 0 Å². The minimum atomic E-state index is 0.747. The largest absolute Gasteiger partial charge is 0.363 e. The Balaban J connectivity index is 1.49. The molecule has 5 aromatic rings. The van der Waals surface area contributed by atoms with Crippen LogP contribution >= 0.6 is 0 Å². The molecule has 0 bridgehead atoms. The first-order valence-electron chi connectivity index (χ1n) is 12.4. The lowest BCUT2D eigenvalue weighted by Crippen LogP contribution is -2.20. The van der Waals surface area contributed by atoms with Gasteiger partial charge in [0, 0.05) is 70.0 Å². The van der Waals surface area contributed by atoms with E-state index in [4.69, 9.17) is 10.1 Å². The second-order valence-electron chi connectivity index (χ2n) is 10.1. The summed E-state index contributed by atoms with van der Waals surface area (Å²) in [6.07, 6.45) is 4.00. The molecule has 0 radical (unpaired) electrons. The van der Waals surface area contributed by atoms with Gasteiger partial charge in [0.05, 0.1) is 17.0 Å². The van der Waals surface area contributed by atoms with Crippen LogP contribution in [-0.2, 0) is 13.6 Å². The maximum Gasteiger partial charge on any atom is 0.165 e. The van der Waals surface area contributed by atoms with Crippen LogP contribution in [-0.4, -0.2) is 50.5 Å². The summed E-state index contributed by atoms with van der Waals surface area (Å²) in [6, 6.07) is 12.9. The Bertz CT molecular complexity index is 1590. The molecule has 4 heterocycles. The molecular formula is C29H34N8. The van der Waals surface area contributed by atoms with Gasteiger partial charge in [0.1, 0.15) is 11.6 Å². The number of anilines is 2. The first kappa shape index (κ1) is 24.5. The van der Waals surface area contributed by atoms with E-state index < -0.39 is 0 Å². The Morgan fingerprint density at radius 2 is 1.59 bits per heavy atom. The predicted molar refractivity (Wildman–Crippen MR) is 150 cm³/mol. The minimum absolute atomic E-state index is 0.747. The molecule has 0 aliphatic rings. The highest BCUT2D eigenvalue weighted by molar-refractivity contribution is 5.83. The average Bonchev–Trinajstić information content (AvgIpc) is 3.36. The SMILES string of the molecule is Cc1cc(N(C)Cc2ccc(-c3cn(C)nc3C)cc2)n2nc(C)c(-c3cnc(N(C)C)cc3C)c2n1. The van der Waals surface area contributed by atoms with E-state index in [1.165, 1.54) is 11.1 Å². The Hall–Kier alpha value is -4.20. The standard InChI is InChI=1S/C29H34N8/c1-18-13-26(34(5)6)30-15-24(18)28-21(4)33-37-27(14-19(2)31-29(28)37)35(7)16-22-9-11-23(12-10-22)25-17-36(8)32-20(25)3/h9-15,17H,16H2,1-8H3. The summed E-state index contributed by atoms with van der Waals surface area (Å²) in [4.78, 5) is 13.8. The molecule has 37 heavy (non-hydrogen) atoms. The topological polar surface area (TPSA) is 67.4 Å². The van der Waals surface area contributed by atoms with E-state index in [1.807, 2.05) is 62.2 Å². The van der Waals surface area contributed by atoms with Crippen molar-refractivity contribution in [1.29, 1.82) is 0 Å². The van der Waals surface area contributed by atoms with Gasteiger partial charge in [-0.15, -0.1) is 0 Å². The highest BCUT2D eigenvalue weighted by atomic mass is 15.3. The molecular weight excluding hydrogens is 460 g/mol. The molecule has 0 atom stereocenters. The molecule has 0 spiro atoms. The molecule has 0 N–H and O–H groups in total. The van der Waals surface area contributed by atoms with Crippen LogP contribution in [0.15, 0.2) is 48.8 Å². The molecule has 0 amide bonds. The van der Waals surface area contributed by atoms with Crippen molar-refractivity contribution in [2.24, 2.45) is 7.05 Å². The van der Waals surface area contributed by atoms with Gasteiger partial charge >= 0.3 is 0 Å². The van der Waals surface area contributed by atoms with Gasteiger partial charge in [0.25, 0.3) is 0 Å². The summed E-state index contributed by atoms with van der Waals surface area (Å²) < 4.78 is 3.82. The quantitative estimate of drug-likeness (QED) is 0.326. The number of hydrogen-bond donors (Lipinski definition) is 0. The smallest absolute Gasteiger partial charge is 0.165 e. The third kappa shape index (κ3) is 4.55. The number of benzene rings is 1. The van der Waals surface area contributed by atoms with Crippen molar-refractivity contribution in [1.82, 2.24) is 29.4 Å². The predicted octanol–water partition coefficient (Wildman–Crippen LogP) is 5.13. The molecule has 190 valence electrons. The molecule has 0 saturated heterocycles. The average molecular weight is 495 g/mol. The Morgan fingerprint density at radius 3 is 2.22 bits per heavy atom. The molecule has 0 aliphatic heterocycles. The van der Waals surface area contributed by atoms with Gasteiger partial charge in [0.2, 0.25) is 0 Å². The van der Waals surface area contributed by atoms with Gasteiger partial charge in [-0.3, -0.25) is 4.68 Å². The zero-order chi connectivity index (χ0) is 26.4. The zero-order valence-electron chi connectivity index (χ0n) is 22.9. The fourth-order valence-corrected chi connectivity index (χ4v) is 4.89. The summed E-state index contributed by atoms with van der Waals surface area (Å²) in [5.41, 5.74) is 10.6. The maximum absolute atomic E-state index is 4.92. The van der Waals surface area contributed by atoms with Crippen molar-refractivity contribution in [3.05, 3.63) is 77.0 Å². The summed E-state index contributed by atoms with van der Waals surface area (Å²) >= 11 is 0. The van der Waals surface area contributed by atoms with Crippen molar-refractivity contribution in [3.8, 4) is 22.3 Å². The van der Waals surface area contributed by atoms with Gasteiger partial charge in [-0.1, -0.05) is 24.3 Å². The van der Waals surface area contributed by atoms with E-state index in [0.29, 0.717) is 0 Å². The molecule has 0 fully saturated rings. The third-order valence-corrected chi connectivity index (χ3v) is 6.79. The van der Waals surface area contributed by atoms with Crippen LogP contribution in [0.2, 0.25) is 0 Å². The molecule has 8 heteroatoms. The Morgan fingerprint density at radius 1 is 0.865 bits per heavy atom. The van der Waals surface area contributed by atoms with Crippen LogP contribution in [0.25, 0.3) is 27.9 Å². The first-order chi connectivity index (χ1) is 17.6. The van der Waals surface area contributed by atoms with Crippen LogP contribution in [0, 0.1) is 27.7 Å². The second-order valence-corrected chi connectivity index (χ2v) is 10.1. The fourth-order valence-electron chi connectivity index (χ4n) is 4.89. The van der Waals surface area contributed by atoms with Gasteiger partial charge in [-0.2, -0.15) is 14.7 Å². The number of pyridine rings is 1. The van der Waals surface area contributed by atoms with E-state index in [-0.39, 0.29) is 0 Å². The van der Waals surface area contributed by atoms with Gasteiger partial charge in [-0.25, -0.2) is 9.97 Å². The highest BCUT2D eigenvalue weighted by Crippen LogP contribution is 2.33. The highest BCUT2D eigenvalue weighted by Gasteiger charge is 2.20. The normalized spacial score (nSPS) is 11.4. The Labute approximate surface area is 218 Å². The number of nitrogens with zero attached hydrogens (tertiary/aromatic N) is 8. The summed E-state index contributed by atoms with van der Waals surface area (Å²) in [5, 5.41) is 9.39. The van der Waals surface area contributed by atoms with E-state index in [1.54, 1.807) is 0 Å². The number of hydrogen-bond acceptors (Lipinski definition) is 6. The van der Waals surface area contributed by atoms with Gasteiger partial charge in [-0.05, 0) is 50.5 Å². The molecule has 0 aliphatic carbocycles. The molecule has 5 rings (SSSR count). The van der Waals surface area contributed by atoms with Crippen LogP contribution in [0.4, 0.5) is 11.6 Å². The molecule has 0 unspecified atom stereocenters. The lowest BCUT2D eigenvalue weighted by Gasteiger charge is -2.21. The monoisotopic (exact) mass is 494 g/mol. The third-order valence-electron chi connectivity index (χ3n) is 6.79. The molecule has 1 aromatic carbocycles. The van der Waals surface area contributed by atoms with Crippen molar-refractivity contribution >= 4 is 17.3 Å². The van der Waals surface area contributed by atoms with E-state index in [9.17, 15) is 0 Å². The van der Waals surface area contributed by atoms with E-state index in [2.05, 4.69) is 71.5 Å². The van der Waals surface area contributed by atoms with Crippen LogP contribution in [0.5, 0.6) is 0 Å². The van der Waals surface area contributed by atoms with Crippen molar-refractivity contribution in [2.75, 3.05) is 30.9 Å². The van der Waals surface area contributed by atoms with Gasteiger partial charge < -0.3 is 9.80 Å². The molecule has 8 nitrogen and oxygen atoms in total. The van der Waals surface area contributed by atoms with E-state index in [0.717, 1.165) is 63.2 Å². The van der Waals surface area contributed by atoms with Gasteiger partial charge in [0.15, 0.2) is 5.65 Å². The second kappa shape index (κ2) is 9.35. The number of rotatable bonds is 6. The van der Waals surface area contributed by atoms with Crippen LogP contribution in [0.1, 0.15) is 28.2 Å². The summed E-state index contributed by atoms with van der Waals surface area (Å²) in [5.74, 6) is 1.93. The molecule has 0 saturated carbocycles. The molecule has 4 aromatic heterocycles. The minimum Gasteiger partial charge on any atom is -0.363 e. The van der Waals surface area contributed by atoms with E-state index >= 15 is 0 Å². The lowest BCUT2D eigenvalue weighted by molar-refractivity contribution is 0.756. The zero-order valence-corrected chi connectivity index (χ0v) is 22.9. The van der Waals surface area contributed by atoms with Crippen LogP contribution < -0.4 is 9.80 Å². The van der Waals surface area contributed by atoms with Crippen LogP contribution in [0.3, 0.4) is 0 Å². The first-order valence-corrected chi connectivity index (χ1v) is 12.4. The van der Waals surface area contributed by atoms with Crippen molar-refractivity contribution in [2.45, 2.75) is 34.2 Å². The van der Waals surface area contributed by atoms with Crippen molar-refractivity contribution in [3.63, 3.8) is 0 Å². The maximum atomic E-state index is 4.92. The Kier molecular flexibility index (Phi) is 6.19.